The number of benzene rings is 1. The van der Waals surface area contributed by atoms with Crippen molar-refractivity contribution < 1.29 is 14.3 Å². The summed E-state index contributed by atoms with van der Waals surface area (Å²) in [5.74, 6) is 0.697. The van der Waals surface area contributed by atoms with Crippen LogP contribution < -0.4 is 15.8 Å². The highest BCUT2D eigenvalue weighted by atomic mass is 32.2. The smallest absolute Gasteiger partial charge is 0.251 e. The summed E-state index contributed by atoms with van der Waals surface area (Å²) in [6.07, 6.45) is 0. The number of nitrogens with zero attached hydrogens (tertiary/aromatic N) is 3. The first-order valence-electron chi connectivity index (χ1n) is 7.83. The van der Waals surface area contributed by atoms with Crippen LogP contribution >= 0.6 is 23.1 Å². The number of aromatic nitrogens is 3. The summed E-state index contributed by atoms with van der Waals surface area (Å²) in [6.45, 7) is 0. The molecule has 0 unspecified atom stereocenters. The molecule has 140 valence electrons. The summed E-state index contributed by atoms with van der Waals surface area (Å²) in [7, 11) is 3.44. The van der Waals surface area contributed by atoms with Crippen LogP contribution in [0.1, 0.15) is 10.4 Å². The fourth-order valence-electron chi connectivity index (χ4n) is 2.35. The number of ether oxygens (including phenoxy) is 1. The number of rotatable bonds is 7. The van der Waals surface area contributed by atoms with E-state index in [0.29, 0.717) is 21.5 Å². The summed E-state index contributed by atoms with van der Waals surface area (Å²) in [5, 5.41) is 13.8. The number of hydrogen-bond donors (Lipinski definition) is 2. The van der Waals surface area contributed by atoms with Gasteiger partial charge in [-0.25, -0.2) is 0 Å². The molecule has 0 fully saturated rings. The van der Waals surface area contributed by atoms with Gasteiger partial charge in [0.15, 0.2) is 11.0 Å². The minimum Gasteiger partial charge on any atom is -0.497 e. The Morgan fingerprint density at radius 2 is 2.15 bits per heavy atom. The number of nitrogens with one attached hydrogen (secondary N) is 1. The summed E-state index contributed by atoms with van der Waals surface area (Å²) in [5.41, 5.74) is 6.45. The first-order chi connectivity index (χ1) is 13.0. The van der Waals surface area contributed by atoms with Crippen LogP contribution in [0.15, 0.2) is 40.9 Å². The van der Waals surface area contributed by atoms with Crippen LogP contribution in [-0.4, -0.2) is 39.4 Å². The number of hydrogen-bond acceptors (Lipinski definition) is 7. The van der Waals surface area contributed by atoms with E-state index >= 15 is 0 Å². The molecule has 0 spiro atoms. The highest BCUT2D eigenvalue weighted by Gasteiger charge is 2.16. The summed E-state index contributed by atoms with van der Waals surface area (Å²) < 4.78 is 7.04. The van der Waals surface area contributed by atoms with Gasteiger partial charge in [-0.2, -0.15) is 0 Å². The molecule has 2 amide bonds. The van der Waals surface area contributed by atoms with Gasteiger partial charge in [0.05, 0.1) is 18.4 Å². The van der Waals surface area contributed by atoms with Crippen LogP contribution in [0.25, 0.3) is 11.4 Å². The van der Waals surface area contributed by atoms with Gasteiger partial charge in [0.25, 0.3) is 5.91 Å². The van der Waals surface area contributed by atoms with Crippen LogP contribution in [0.3, 0.4) is 0 Å². The number of anilines is 1. The monoisotopic (exact) mass is 403 g/mol. The first kappa shape index (κ1) is 18.9. The Kier molecular flexibility index (Phi) is 5.77. The van der Waals surface area contributed by atoms with E-state index < -0.39 is 5.91 Å². The molecule has 10 heteroatoms. The Morgan fingerprint density at radius 1 is 1.33 bits per heavy atom. The number of nitrogens with two attached hydrogens (primary N) is 1. The van der Waals surface area contributed by atoms with Gasteiger partial charge in [-0.3, -0.25) is 9.59 Å². The zero-order valence-corrected chi connectivity index (χ0v) is 16.3. The maximum atomic E-state index is 12.2. The molecule has 0 saturated carbocycles. The van der Waals surface area contributed by atoms with Crippen molar-refractivity contribution in [3.05, 3.63) is 41.3 Å². The third-order valence-corrected chi connectivity index (χ3v) is 5.53. The molecule has 1 aromatic carbocycles. The van der Waals surface area contributed by atoms with E-state index in [4.69, 9.17) is 10.5 Å². The molecule has 8 nitrogen and oxygen atoms in total. The second-order valence-electron chi connectivity index (χ2n) is 5.46. The average molecular weight is 403 g/mol. The summed E-state index contributed by atoms with van der Waals surface area (Å²) in [6, 6.07) is 9.09. The molecule has 0 bridgehead atoms. The first-order valence-corrected chi connectivity index (χ1v) is 9.70. The maximum Gasteiger partial charge on any atom is 0.251 e. The van der Waals surface area contributed by atoms with Gasteiger partial charge in [-0.15, -0.1) is 21.5 Å². The molecular weight excluding hydrogens is 386 g/mol. The number of carbonyl (C=O) groups is 2. The average Bonchev–Trinajstić information content (AvgIpc) is 3.26. The molecule has 3 rings (SSSR count). The zero-order valence-electron chi connectivity index (χ0n) is 14.6. The Labute approximate surface area is 163 Å². The molecule has 2 heterocycles. The van der Waals surface area contributed by atoms with Crippen molar-refractivity contribution in [3.8, 4) is 17.1 Å². The Morgan fingerprint density at radius 3 is 2.89 bits per heavy atom. The summed E-state index contributed by atoms with van der Waals surface area (Å²) in [4.78, 5) is 23.5. The molecule has 0 aliphatic carbocycles. The third kappa shape index (κ3) is 4.29. The molecule has 3 aromatic rings. The minimum absolute atomic E-state index is 0.125. The molecule has 2 aromatic heterocycles. The SMILES string of the molecule is COc1cccc(-c2nnc(SCC(=O)Nc3sccc3C(N)=O)n2C)c1. The highest BCUT2D eigenvalue weighted by Crippen LogP contribution is 2.26. The molecule has 0 saturated heterocycles. The van der Waals surface area contributed by atoms with Crippen LogP contribution in [0.5, 0.6) is 5.75 Å². The standard InChI is InChI=1S/C17H17N5O3S2/c1-22-15(10-4-3-5-11(8-10)25-2)20-21-17(22)27-9-13(23)19-16-12(14(18)24)6-7-26-16/h3-8H,9H2,1-2H3,(H2,18,24)(H,19,23). The molecule has 27 heavy (non-hydrogen) atoms. The van der Waals surface area contributed by atoms with Crippen molar-refractivity contribution in [2.45, 2.75) is 5.16 Å². The van der Waals surface area contributed by atoms with Gasteiger partial charge >= 0.3 is 0 Å². The molecule has 0 aliphatic heterocycles. The van der Waals surface area contributed by atoms with E-state index in [2.05, 4.69) is 15.5 Å². The largest absolute Gasteiger partial charge is 0.497 e. The molecule has 3 N–H and O–H groups in total. The second kappa shape index (κ2) is 8.23. The van der Waals surface area contributed by atoms with Crippen molar-refractivity contribution in [2.75, 3.05) is 18.2 Å². The van der Waals surface area contributed by atoms with Gasteiger partial charge in [-0.1, -0.05) is 23.9 Å². The van der Waals surface area contributed by atoms with Gasteiger partial charge in [0.1, 0.15) is 10.8 Å². The van der Waals surface area contributed by atoms with Gasteiger partial charge in [-0.05, 0) is 23.6 Å². The van der Waals surface area contributed by atoms with Crippen molar-refractivity contribution in [2.24, 2.45) is 12.8 Å². The van der Waals surface area contributed by atoms with E-state index in [1.54, 1.807) is 18.6 Å². The predicted molar refractivity (Wildman–Crippen MR) is 105 cm³/mol. The van der Waals surface area contributed by atoms with Crippen LogP contribution in [-0.2, 0) is 11.8 Å². The van der Waals surface area contributed by atoms with Crippen molar-refractivity contribution in [3.63, 3.8) is 0 Å². The quantitative estimate of drug-likeness (QED) is 0.586. The van der Waals surface area contributed by atoms with E-state index in [0.717, 1.165) is 11.3 Å². The summed E-state index contributed by atoms with van der Waals surface area (Å²) >= 11 is 2.50. The normalized spacial score (nSPS) is 10.6. The van der Waals surface area contributed by atoms with Crippen molar-refractivity contribution >= 4 is 39.9 Å². The number of thiophene rings is 1. The van der Waals surface area contributed by atoms with Crippen LogP contribution in [0, 0.1) is 0 Å². The lowest BCUT2D eigenvalue weighted by atomic mass is 10.2. The number of amides is 2. The van der Waals surface area contributed by atoms with Gasteiger partial charge in [0, 0.05) is 12.6 Å². The highest BCUT2D eigenvalue weighted by molar-refractivity contribution is 7.99. The second-order valence-corrected chi connectivity index (χ2v) is 7.32. The Balaban J connectivity index is 1.66. The Hall–Kier alpha value is -2.85. The molecule has 0 atom stereocenters. The van der Waals surface area contributed by atoms with E-state index in [1.165, 1.54) is 23.1 Å². The number of carbonyl (C=O) groups excluding carboxylic acids is 2. The van der Waals surface area contributed by atoms with E-state index in [9.17, 15) is 9.59 Å². The fourth-order valence-corrected chi connectivity index (χ4v) is 3.87. The lowest BCUT2D eigenvalue weighted by Gasteiger charge is -2.06. The van der Waals surface area contributed by atoms with E-state index in [-0.39, 0.29) is 11.7 Å². The van der Waals surface area contributed by atoms with Gasteiger partial charge < -0.3 is 20.4 Å². The topological polar surface area (TPSA) is 112 Å². The minimum atomic E-state index is -0.574. The third-order valence-electron chi connectivity index (χ3n) is 3.68. The molecule has 0 aliphatic rings. The lowest BCUT2D eigenvalue weighted by Crippen LogP contribution is -2.18. The lowest BCUT2D eigenvalue weighted by molar-refractivity contribution is -0.113. The van der Waals surface area contributed by atoms with Gasteiger partial charge in [0.2, 0.25) is 5.91 Å². The van der Waals surface area contributed by atoms with Crippen LogP contribution in [0.4, 0.5) is 5.00 Å². The zero-order chi connectivity index (χ0) is 19.4. The van der Waals surface area contributed by atoms with E-state index in [1.807, 2.05) is 35.9 Å². The number of methoxy groups -OCH3 is 1. The fraction of sp³-hybridized carbons (Fsp3) is 0.176. The molecular formula is C17H17N5O3S2. The van der Waals surface area contributed by atoms with Crippen LogP contribution in [0.2, 0.25) is 0 Å². The van der Waals surface area contributed by atoms with Crippen molar-refractivity contribution in [1.29, 1.82) is 0 Å². The molecule has 0 radical (unpaired) electrons. The Bertz CT molecular complexity index is 983. The van der Waals surface area contributed by atoms with Crippen molar-refractivity contribution in [1.82, 2.24) is 14.8 Å². The maximum absolute atomic E-state index is 12.2. The number of primary amides is 1. The predicted octanol–water partition coefficient (Wildman–Crippen LogP) is 2.38. The number of thioether (sulfide) groups is 1.